The van der Waals surface area contributed by atoms with Gasteiger partial charge in [-0.15, -0.1) is 0 Å². The molecule has 2 aliphatic rings. The van der Waals surface area contributed by atoms with Gasteiger partial charge in [0, 0.05) is 6.92 Å². The Bertz CT molecular complexity index is 481. The molecule has 0 radical (unpaired) electrons. The maximum absolute atomic E-state index is 11.4. The summed E-state index contributed by atoms with van der Waals surface area (Å²) in [5.41, 5.74) is 5.63. The summed E-state index contributed by atoms with van der Waals surface area (Å²) in [6, 6.07) is -2.48. The van der Waals surface area contributed by atoms with Crippen LogP contribution in [0.1, 0.15) is 6.92 Å². The standard InChI is InChI=1S/C14H26N2O10/c1-4(19)16-8-11(22)9(20)5(2-17)25-14(8)26-12-6(3-18)24-13(23)7(15)10(12)21/h5-14,17-18,20-23H,2-3,15H2,1H3,(H,16,19)/t5-,6-,7-,8-,9-,10+,11+,12+,13+,14+/m1/s1. The predicted molar refractivity (Wildman–Crippen MR) is 82.2 cm³/mol. The molecule has 2 rings (SSSR count). The molecule has 12 heteroatoms. The van der Waals surface area contributed by atoms with Crippen molar-refractivity contribution in [1.82, 2.24) is 5.32 Å². The second-order valence-electron chi connectivity index (χ2n) is 6.35. The lowest BCUT2D eigenvalue weighted by Gasteiger charge is -2.46. The van der Waals surface area contributed by atoms with Gasteiger partial charge in [0.1, 0.15) is 42.7 Å². The Morgan fingerprint density at radius 1 is 1.04 bits per heavy atom. The van der Waals surface area contributed by atoms with Crippen LogP contribution in [0.15, 0.2) is 0 Å². The Kier molecular flexibility index (Phi) is 7.27. The van der Waals surface area contributed by atoms with E-state index in [0.29, 0.717) is 0 Å². The van der Waals surface area contributed by atoms with E-state index < -0.39 is 80.4 Å². The average Bonchev–Trinajstić information content (AvgIpc) is 2.60. The molecule has 2 fully saturated rings. The van der Waals surface area contributed by atoms with Crippen molar-refractivity contribution in [1.29, 1.82) is 0 Å². The number of rotatable bonds is 5. The zero-order chi connectivity index (χ0) is 19.6. The summed E-state index contributed by atoms with van der Waals surface area (Å²) in [5, 5.41) is 61.1. The van der Waals surface area contributed by atoms with E-state index in [0.717, 1.165) is 0 Å². The number of hydrogen-bond acceptors (Lipinski definition) is 11. The third kappa shape index (κ3) is 4.31. The predicted octanol–water partition coefficient (Wildman–Crippen LogP) is -5.29. The smallest absolute Gasteiger partial charge is 0.217 e. The lowest BCUT2D eigenvalue weighted by molar-refractivity contribution is -0.326. The van der Waals surface area contributed by atoms with Crippen LogP contribution in [-0.4, -0.2) is 111 Å². The van der Waals surface area contributed by atoms with E-state index >= 15 is 0 Å². The molecule has 0 aromatic carbocycles. The quantitative estimate of drug-likeness (QED) is 0.225. The number of aliphatic hydroxyl groups excluding tert-OH is 6. The fourth-order valence-corrected chi connectivity index (χ4v) is 3.01. The number of aliphatic hydroxyl groups is 6. The van der Waals surface area contributed by atoms with E-state index in [-0.39, 0.29) is 0 Å². The van der Waals surface area contributed by atoms with Crippen LogP contribution < -0.4 is 11.1 Å². The number of hydrogen-bond donors (Lipinski definition) is 8. The molecule has 26 heavy (non-hydrogen) atoms. The second kappa shape index (κ2) is 8.84. The highest BCUT2D eigenvalue weighted by molar-refractivity contribution is 5.73. The average molecular weight is 382 g/mol. The molecule has 152 valence electrons. The van der Waals surface area contributed by atoms with Crippen molar-refractivity contribution in [2.24, 2.45) is 5.73 Å². The molecule has 2 heterocycles. The van der Waals surface area contributed by atoms with Crippen molar-refractivity contribution in [3.63, 3.8) is 0 Å². The van der Waals surface area contributed by atoms with E-state index in [9.17, 15) is 35.4 Å². The SMILES string of the molecule is CC(=O)N[C@H]1[C@H](O[C@@H]2[C@@H](O)[C@@H](N)[C@@H](O)O[C@@H]2CO)O[C@H](CO)[C@@H](O)[C@H]1O. The molecule has 9 N–H and O–H groups in total. The third-order valence-electron chi connectivity index (χ3n) is 4.46. The number of nitrogens with two attached hydrogens (primary N) is 1. The first-order valence-electron chi connectivity index (χ1n) is 8.14. The molecule has 1 amide bonds. The number of carbonyl (C=O) groups excluding carboxylic acids is 1. The summed E-state index contributed by atoms with van der Waals surface area (Å²) in [4.78, 5) is 11.4. The second-order valence-corrected chi connectivity index (χ2v) is 6.35. The molecule has 10 atom stereocenters. The topological polar surface area (TPSA) is 204 Å². The van der Waals surface area contributed by atoms with Crippen LogP contribution in [0.3, 0.4) is 0 Å². The van der Waals surface area contributed by atoms with Gasteiger partial charge < -0.3 is 55.9 Å². The van der Waals surface area contributed by atoms with E-state index in [2.05, 4.69) is 5.32 Å². The number of ether oxygens (including phenoxy) is 3. The Morgan fingerprint density at radius 2 is 1.65 bits per heavy atom. The third-order valence-corrected chi connectivity index (χ3v) is 4.46. The minimum atomic E-state index is -1.54. The van der Waals surface area contributed by atoms with Crippen molar-refractivity contribution in [3.8, 4) is 0 Å². The minimum absolute atomic E-state index is 0.549. The number of amides is 1. The Morgan fingerprint density at radius 3 is 2.19 bits per heavy atom. The fourth-order valence-electron chi connectivity index (χ4n) is 3.01. The largest absolute Gasteiger partial charge is 0.394 e. The van der Waals surface area contributed by atoms with Gasteiger partial charge in [0.25, 0.3) is 0 Å². The van der Waals surface area contributed by atoms with Crippen LogP contribution in [0.4, 0.5) is 0 Å². The molecule has 2 saturated heterocycles. The van der Waals surface area contributed by atoms with Gasteiger partial charge in [0.2, 0.25) is 5.91 Å². The van der Waals surface area contributed by atoms with Crippen LogP contribution in [0.5, 0.6) is 0 Å². The van der Waals surface area contributed by atoms with E-state index in [1.54, 1.807) is 0 Å². The van der Waals surface area contributed by atoms with Crippen LogP contribution >= 0.6 is 0 Å². The van der Waals surface area contributed by atoms with Gasteiger partial charge >= 0.3 is 0 Å². The van der Waals surface area contributed by atoms with Gasteiger partial charge in [-0.2, -0.15) is 0 Å². The van der Waals surface area contributed by atoms with Gasteiger partial charge in [-0.25, -0.2) is 0 Å². The zero-order valence-electron chi connectivity index (χ0n) is 14.1. The molecule has 0 aliphatic carbocycles. The van der Waals surface area contributed by atoms with Crippen molar-refractivity contribution < 1.29 is 49.6 Å². The van der Waals surface area contributed by atoms with Crippen molar-refractivity contribution >= 4 is 5.91 Å². The summed E-state index contributed by atoms with van der Waals surface area (Å²) in [6.45, 7) is -0.0937. The summed E-state index contributed by atoms with van der Waals surface area (Å²) >= 11 is 0. The first kappa shape index (κ1) is 21.4. The van der Waals surface area contributed by atoms with E-state index in [4.69, 9.17) is 19.9 Å². The highest BCUT2D eigenvalue weighted by Crippen LogP contribution is 2.28. The molecule has 0 bridgehead atoms. The molecule has 0 unspecified atom stereocenters. The van der Waals surface area contributed by atoms with Gasteiger partial charge in [-0.1, -0.05) is 0 Å². The summed E-state index contributed by atoms with van der Waals surface area (Å²) in [6.07, 6.45) is -11.1. The number of carbonyl (C=O) groups is 1. The van der Waals surface area contributed by atoms with Crippen LogP contribution in [0.2, 0.25) is 0 Å². The summed E-state index contributed by atoms with van der Waals surface area (Å²) in [5.74, 6) is -0.549. The molecular formula is C14H26N2O10. The molecular weight excluding hydrogens is 356 g/mol. The zero-order valence-corrected chi connectivity index (χ0v) is 14.1. The Labute approximate surface area is 149 Å². The molecule has 0 aromatic heterocycles. The summed E-state index contributed by atoms with van der Waals surface area (Å²) in [7, 11) is 0. The maximum atomic E-state index is 11.4. The summed E-state index contributed by atoms with van der Waals surface area (Å²) < 4.78 is 16.1. The van der Waals surface area contributed by atoms with Gasteiger partial charge in [0.15, 0.2) is 12.6 Å². The Hall–Kier alpha value is -0.930. The van der Waals surface area contributed by atoms with Crippen LogP contribution in [0, 0.1) is 0 Å². The minimum Gasteiger partial charge on any atom is -0.394 e. The monoisotopic (exact) mass is 382 g/mol. The normalized spacial score (nSPS) is 46.8. The first-order chi connectivity index (χ1) is 12.2. The van der Waals surface area contributed by atoms with Crippen molar-refractivity contribution in [3.05, 3.63) is 0 Å². The lowest BCUT2D eigenvalue weighted by atomic mass is 9.95. The highest BCUT2D eigenvalue weighted by atomic mass is 16.7. The van der Waals surface area contributed by atoms with E-state index in [1.165, 1.54) is 6.92 Å². The lowest BCUT2D eigenvalue weighted by Crippen LogP contribution is -2.68. The van der Waals surface area contributed by atoms with Gasteiger partial charge in [-0.3, -0.25) is 4.79 Å². The molecule has 0 saturated carbocycles. The van der Waals surface area contributed by atoms with Crippen molar-refractivity contribution in [2.75, 3.05) is 13.2 Å². The fraction of sp³-hybridized carbons (Fsp3) is 0.929. The van der Waals surface area contributed by atoms with Gasteiger partial charge in [-0.05, 0) is 0 Å². The van der Waals surface area contributed by atoms with Crippen LogP contribution in [-0.2, 0) is 19.0 Å². The number of nitrogens with one attached hydrogen (secondary N) is 1. The maximum Gasteiger partial charge on any atom is 0.217 e. The highest BCUT2D eigenvalue weighted by Gasteiger charge is 2.50. The molecule has 0 spiro atoms. The van der Waals surface area contributed by atoms with E-state index in [1.807, 2.05) is 0 Å². The van der Waals surface area contributed by atoms with Gasteiger partial charge in [0.05, 0.1) is 19.3 Å². The molecule has 12 nitrogen and oxygen atoms in total. The van der Waals surface area contributed by atoms with Crippen molar-refractivity contribution in [2.45, 2.75) is 68.2 Å². The first-order valence-corrected chi connectivity index (χ1v) is 8.14. The molecule has 0 aromatic rings. The molecule has 2 aliphatic heterocycles. The Balaban J connectivity index is 2.22. The van der Waals surface area contributed by atoms with Crippen LogP contribution in [0.25, 0.3) is 0 Å².